The molecule has 2 aromatic rings. The minimum Gasteiger partial charge on any atom is -0.299 e. The summed E-state index contributed by atoms with van der Waals surface area (Å²) in [4.78, 5) is 1.16. The van der Waals surface area contributed by atoms with E-state index in [0.29, 0.717) is 10.0 Å². The second-order valence-electron chi connectivity index (χ2n) is 3.82. The van der Waals surface area contributed by atoms with Crippen molar-refractivity contribution in [3.8, 4) is 10.7 Å². The van der Waals surface area contributed by atoms with Crippen LogP contribution in [-0.4, -0.2) is 26.3 Å². The Morgan fingerprint density at radius 3 is 3.12 bits per heavy atom. The molecule has 0 saturated heterocycles. The van der Waals surface area contributed by atoms with E-state index < -0.39 is 0 Å². The molecule has 1 unspecified atom stereocenters. The van der Waals surface area contributed by atoms with Gasteiger partial charge in [0.15, 0.2) is 10.6 Å². The minimum atomic E-state index is 0.642. The van der Waals surface area contributed by atoms with Crippen molar-refractivity contribution in [3.63, 3.8) is 0 Å². The van der Waals surface area contributed by atoms with Crippen molar-refractivity contribution in [1.82, 2.24) is 14.8 Å². The molecule has 0 amide bonds. The Bertz CT molecular complexity index is 512. The minimum absolute atomic E-state index is 0.642. The fourth-order valence-corrected chi connectivity index (χ4v) is 2.83. The Hall–Kier alpha value is -0.590. The molecule has 0 saturated carbocycles. The number of aromatic nitrogens is 3. The first-order chi connectivity index (χ1) is 8.22. The second kappa shape index (κ2) is 5.84. The molecule has 6 heteroatoms. The van der Waals surface area contributed by atoms with Crippen LogP contribution in [0.15, 0.2) is 17.5 Å². The van der Waals surface area contributed by atoms with Gasteiger partial charge in [-0.1, -0.05) is 13.0 Å². The summed E-state index contributed by atoms with van der Waals surface area (Å²) in [5.74, 6) is 0.957. The fraction of sp³-hybridized carbons (Fsp3) is 0.455. The Morgan fingerprint density at radius 1 is 1.65 bits per heavy atom. The summed E-state index contributed by atoms with van der Waals surface area (Å²) < 4.78 is 2.80. The molecule has 0 aliphatic rings. The van der Waals surface area contributed by atoms with Crippen LogP contribution in [0.25, 0.3) is 10.7 Å². The highest BCUT2D eigenvalue weighted by Gasteiger charge is 2.10. The summed E-state index contributed by atoms with van der Waals surface area (Å²) in [7, 11) is 0. The van der Waals surface area contributed by atoms with Crippen LogP contribution < -0.4 is 0 Å². The maximum Gasteiger partial charge on any atom is 0.195 e. The first kappa shape index (κ1) is 12.9. The van der Waals surface area contributed by atoms with Gasteiger partial charge < -0.3 is 0 Å². The Morgan fingerprint density at radius 2 is 2.47 bits per heavy atom. The molecule has 0 spiro atoms. The number of nitrogens with one attached hydrogen (secondary N) is 1. The third-order valence-electron chi connectivity index (χ3n) is 2.66. The van der Waals surface area contributed by atoms with Crippen LogP contribution in [0.1, 0.15) is 13.3 Å². The van der Waals surface area contributed by atoms with Crippen molar-refractivity contribution < 1.29 is 0 Å². The first-order valence-corrected chi connectivity index (χ1v) is 8.02. The lowest BCUT2D eigenvalue weighted by atomic mass is 10.3. The van der Waals surface area contributed by atoms with Gasteiger partial charge >= 0.3 is 0 Å². The van der Waals surface area contributed by atoms with E-state index in [1.807, 2.05) is 17.8 Å². The number of aromatic amines is 1. The van der Waals surface area contributed by atoms with Gasteiger partial charge in [0.05, 0.1) is 4.88 Å². The number of hydrogen-bond acceptors (Lipinski definition) is 4. The highest BCUT2D eigenvalue weighted by molar-refractivity contribution is 7.99. The van der Waals surface area contributed by atoms with Crippen molar-refractivity contribution in [3.05, 3.63) is 22.3 Å². The molecule has 2 rings (SSSR count). The molecule has 2 aromatic heterocycles. The fourth-order valence-electron chi connectivity index (χ4n) is 1.55. The van der Waals surface area contributed by atoms with Crippen molar-refractivity contribution >= 4 is 35.3 Å². The largest absolute Gasteiger partial charge is 0.299 e. The van der Waals surface area contributed by atoms with E-state index in [1.54, 1.807) is 11.3 Å². The molecule has 0 fully saturated rings. The smallest absolute Gasteiger partial charge is 0.195 e. The zero-order valence-electron chi connectivity index (χ0n) is 9.84. The lowest BCUT2D eigenvalue weighted by molar-refractivity contribution is 0.638. The zero-order valence-corrected chi connectivity index (χ0v) is 12.3. The van der Waals surface area contributed by atoms with Gasteiger partial charge in [-0.25, -0.2) is 0 Å². The normalized spacial score (nSPS) is 12.8. The molecule has 3 nitrogen and oxygen atoms in total. The van der Waals surface area contributed by atoms with Gasteiger partial charge in [0.25, 0.3) is 0 Å². The van der Waals surface area contributed by atoms with Crippen molar-refractivity contribution in [2.45, 2.75) is 25.1 Å². The first-order valence-electron chi connectivity index (χ1n) is 5.44. The SMILES string of the molecule is CSC(C)CCn1c(-c2cccs2)n[nH]c1=S. The van der Waals surface area contributed by atoms with Crippen LogP contribution in [-0.2, 0) is 6.54 Å². The average Bonchev–Trinajstić information content (AvgIpc) is 2.95. The number of hydrogen-bond donors (Lipinski definition) is 1. The number of thiophene rings is 1. The van der Waals surface area contributed by atoms with E-state index in [4.69, 9.17) is 12.2 Å². The van der Waals surface area contributed by atoms with Crippen molar-refractivity contribution in [2.75, 3.05) is 6.26 Å². The molecule has 1 atom stereocenters. The molecule has 92 valence electrons. The number of thioether (sulfide) groups is 1. The van der Waals surface area contributed by atoms with Crippen LogP contribution >= 0.6 is 35.3 Å². The quantitative estimate of drug-likeness (QED) is 0.848. The summed E-state index contributed by atoms with van der Waals surface area (Å²) >= 11 is 8.85. The molecule has 0 bridgehead atoms. The monoisotopic (exact) mass is 285 g/mol. The Labute approximate surface area is 114 Å². The lowest BCUT2D eigenvalue weighted by Gasteiger charge is -2.09. The second-order valence-corrected chi connectivity index (χ2v) is 6.43. The molecule has 0 aliphatic carbocycles. The molecule has 0 radical (unpaired) electrons. The standard InChI is InChI=1S/C11H15N3S3/c1-8(16-2)5-6-14-10(12-13-11(14)15)9-4-3-7-17-9/h3-4,7-8H,5-6H2,1-2H3,(H,13,15). The zero-order chi connectivity index (χ0) is 12.3. The maximum absolute atomic E-state index is 5.28. The predicted molar refractivity (Wildman–Crippen MR) is 78.3 cm³/mol. The molecular formula is C11H15N3S3. The predicted octanol–water partition coefficient (Wildman–Crippen LogP) is 3.81. The topological polar surface area (TPSA) is 33.6 Å². The van der Waals surface area contributed by atoms with Gasteiger partial charge in [0.1, 0.15) is 0 Å². The van der Waals surface area contributed by atoms with Gasteiger partial charge in [0.2, 0.25) is 0 Å². The molecule has 0 aliphatic heterocycles. The van der Waals surface area contributed by atoms with E-state index in [-0.39, 0.29) is 0 Å². The van der Waals surface area contributed by atoms with Gasteiger partial charge in [-0.3, -0.25) is 9.67 Å². The van der Waals surface area contributed by atoms with Gasteiger partial charge in [-0.2, -0.15) is 16.9 Å². The van der Waals surface area contributed by atoms with Gasteiger partial charge in [-0.15, -0.1) is 11.3 Å². The van der Waals surface area contributed by atoms with Crippen molar-refractivity contribution in [1.29, 1.82) is 0 Å². The highest BCUT2D eigenvalue weighted by Crippen LogP contribution is 2.23. The van der Waals surface area contributed by atoms with Gasteiger partial charge in [0, 0.05) is 11.8 Å². The van der Waals surface area contributed by atoms with E-state index in [9.17, 15) is 0 Å². The summed E-state index contributed by atoms with van der Waals surface area (Å²) in [5, 5.41) is 9.89. The summed E-state index contributed by atoms with van der Waals surface area (Å²) in [5.41, 5.74) is 0. The van der Waals surface area contributed by atoms with Gasteiger partial charge in [-0.05, 0) is 36.3 Å². The lowest BCUT2D eigenvalue weighted by Crippen LogP contribution is -2.06. The Balaban J connectivity index is 2.22. The summed E-state index contributed by atoms with van der Waals surface area (Å²) in [6.07, 6.45) is 3.24. The number of rotatable bonds is 5. The van der Waals surface area contributed by atoms with Crippen LogP contribution in [0.5, 0.6) is 0 Å². The van der Waals surface area contributed by atoms with Crippen LogP contribution in [0.2, 0.25) is 0 Å². The number of nitrogens with zero attached hydrogens (tertiary/aromatic N) is 2. The van der Waals surface area contributed by atoms with Crippen LogP contribution in [0, 0.1) is 4.77 Å². The van der Waals surface area contributed by atoms with E-state index >= 15 is 0 Å². The van der Waals surface area contributed by atoms with Crippen molar-refractivity contribution in [2.24, 2.45) is 0 Å². The van der Waals surface area contributed by atoms with Crippen LogP contribution in [0.4, 0.5) is 0 Å². The van der Waals surface area contributed by atoms with Crippen LogP contribution in [0.3, 0.4) is 0 Å². The highest BCUT2D eigenvalue weighted by atomic mass is 32.2. The number of H-pyrrole nitrogens is 1. The summed E-state index contributed by atoms with van der Waals surface area (Å²) in [6, 6.07) is 4.11. The van der Waals surface area contributed by atoms with E-state index in [2.05, 4.69) is 39.4 Å². The van der Waals surface area contributed by atoms with E-state index in [1.165, 1.54) is 0 Å². The molecule has 17 heavy (non-hydrogen) atoms. The average molecular weight is 285 g/mol. The molecule has 1 N–H and O–H groups in total. The molecular weight excluding hydrogens is 270 g/mol. The molecule has 2 heterocycles. The molecule has 0 aromatic carbocycles. The third kappa shape index (κ3) is 3.00. The maximum atomic E-state index is 5.28. The Kier molecular flexibility index (Phi) is 4.42. The third-order valence-corrected chi connectivity index (χ3v) is 4.88. The van der Waals surface area contributed by atoms with E-state index in [0.717, 1.165) is 23.7 Å². The summed E-state index contributed by atoms with van der Waals surface area (Å²) in [6.45, 7) is 3.16.